The molecule has 0 aromatic carbocycles. The number of allylic oxidation sites excluding steroid dienone is 13. The van der Waals surface area contributed by atoms with Gasteiger partial charge in [-0.3, -0.25) is 9.59 Å². The van der Waals surface area contributed by atoms with E-state index >= 15 is 0 Å². The van der Waals surface area contributed by atoms with Crippen molar-refractivity contribution in [2.75, 3.05) is 19.8 Å². The largest absolute Gasteiger partial charge is 0.462 e. The van der Waals surface area contributed by atoms with Gasteiger partial charge in [0.15, 0.2) is 12.4 Å². The summed E-state index contributed by atoms with van der Waals surface area (Å²) < 4.78 is 22.0. The van der Waals surface area contributed by atoms with Crippen LogP contribution in [-0.4, -0.2) is 89.0 Å². The predicted molar refractivity (Wildman–Crippen MR) is 233 cm³/mol. The van der Waals surface area contributed by atoms with Gasteiger partial charge in [0.1, 0.15) is 31.0 Å². The summed E-state index contributed by atoms with van der Waals surface area (Å²) in [5.74, 6) is -0.971. The molecule has 6 unspecified atom stereocenters. The Balaban J connectivity index is 2.40. The number of hydrogen-bond acceptors (Lipinski definition) is 10. The lowest BCUT2D eigenvalue weighted by Gasteiger charge is -2.39. The highest BCUT2D eigenvalue weighted by Gasteiger charge is 2.44. The van der Waals surface area contributed by atoms with E-state index in [-0.39, 0.29) is 26.1 Å². The molecule has 1 saturated heterocycles. The van der Waals surface area contributed by atoms with Crippen LogP contribution in [0.1, 0.15) is 149 Å². The number of hydrogen-bond donors (Lipinski definition) is 4. The molecule has 1 fully saturated rings. The number of carbonyl (C=O) groups excluding carboxylic acids is 2. The van der Waals surface area contributed by atoms with Crippen LogP contribution in [0.25, 0.3) is 0 Å². The molecule has 0 aromatic rings. The first-order valence-electron chi connectivity index (χ1n) is 22.2. The van der Waals surface area contributed by atoms with Crippen LogP contribution in [0, 0.1) is 0 Å². The molecular weight excluding hydrogens is 737 g/mol. The van der Waals surface area contributed by atoms with Crippen LogP contribution in [0.15, 0.2) is 85.1 Å². The van der Waals surface area contributed by atoms with Crippen molar-refractivity contribution in [2.24, 2.45) is 0 Å². The lowest BCUT2D eigenvalue weighted by atomic mass is 9.99. The Bertz CT molecular complexity index is 1220. The van der Waals surface area contributed by atoms with E-state index < -0.39 is 55.4 Å². The van der Waals surface area contributed by atoms with E-state index in [0.29, 0.717) is 12.8 Å². The fraction of sp³-hybridized carbons (Fsp3) is 0.667. The maximum atomic E-state index is 12.7. The summed E-state index contributed by atoms with van der Waals surface area (Å²) in [4.78, 5) is 25.3. The molecular formula is C48H78O10. The molecule has 1 aliphatic rings. The molecule has 1 aliphatic heterocycles. The normalized spacial score (nSPS) is 21.0. The molecule has 4 N–H and O–H groups in total. The highest BCUT2D eigenvalue weighted by atomic mass is 16.7. The van der Waals surface area contributed by atoms with Crippen molar-refractivity contribution in [2.45, 2.75) is 185 Å². The molecule has 10 heteroatoms. The van der Waals surface area contributed by atoms with Gasteiger partial charge in [-0.2, -0.15) is 0 Å². The quantitative estimate of drug-likeness (QED) is 0.0277. The molecule has 0 saturated carbocycles. The Kier molecular flexibility index (Phi) is 34.8. The van der Waals surface area contributed by atoms with Crippen molar-refractivity contribution in [3.05, 3.63) is 85.1 Å². The lowest BCUT2D eigenvalue weighted by molar-refractivity contribution is -0.305. The van der Waals surface area contributed by atoms with Crippen molar-refractivity contribution in [1.82, 2.24) is 0 Å². The molecule has 58 heavy (non-hydrogen) atoms. The van der Waals surface area contributed by atoms with Gasteiger partial charge < -0.3 is 39.4 Å². The molecule has 10 nitrogen and oxygen atoms in total. The first-order chi connectivity index (χ1) is 28.3. The summed E-state index contributed by atoms with van der Waals surface area (Å²) in [5, 5.41) is 40.0. The van der Waals surface area contributed by atoms with Crippen LogP contribution in [-0.2, 0) is 28.5 Å². The molecule has 0 bridgehead atoms. The maximum absolute atomic E-state index is 12.7. The molecule has 6 atom stereocenters. The minimum absolute atomic E-state index is 0.00831. The van der Waals surface area contributed by atoms with Crippen molar-refractivity contribution in [1.29, 1.82) is 0 Å². The standard InChI is InChI=1S/C48H78O10/c1-3-5-7-9-11-13-15-17-19-20-21-23-24-26-28-30-32-34-36-43(50)55-39-41(40-56-48-47(54)46(53)45(52)42(38-49)58-48)57-44(51)37-35-33-31-29-27-25-22-18-16-14-12-10-8-6-4-2/h6,8,12-15,18-20,22,27,29,33,35,41-42,45-49,52-54H,3-5,7,9-11,16-17,21,23-26,28,30-32,34,36-40H2,1-2H3/b8-6-,14-12-,15-13-,20-19-,22-18-,29-27-,35-33-. The monoisotopic (exact) mass is 815 g/mol. The Hall–Kier alpha value is -3.12. The summed E-state index contributed by atoms with van der Waals surface area (Å²) in [7, 11) is 0. The minimum Gasteiger partial charge on any atom is -0.462 e. The number of aliphatic hydroxyl groups excluding tert-OH is 4. The average Bonchev–Trinajstić information content (AvgIpc) is 3.22. The SMILES string of the molecule is CC/C=C\C/C=C\C/C=C\C/C=C\C/C=C\CC(=O)OC(COC(=O)CCCCCCCCC/C=C\C/C=C\CCCCCC)COC1OC(CO)C(O)C(O)C1O. The van der Waals surface area contributed by atoms with Gasteiger partial charge in [0, 0.05) is 6.42 Å². The Morgan fingerprint density at radius 1 is 0.569 bits per heavy atom. The number of esters is 2. The van der Waals surface area contributed by atoms with Crippen LogP contribution < -0.4 is 0 Å². The molecule has 0 aromatic heterocycles. The van der Waals surface area contributed by atoms with E-state index in [1.807, 2.05) is 12.2 Å². The second-order valence-electron chi connectivity index (χ2n) is 14.8. The van der Waals surface area contributed by atoms with Crippen molar-refractivity contribution in [3.8, 4) is 0 Å². The van der Waals surface area contributed by atoms with E-state index in [2.05, 4.69) is 80.7 Å². The number of carbonyl (C=O) groups is 2. The number of unbranched alkanes of at least 4 members (excludes halogenated alkanes) is 11. The molecule has 0 radical (unpaired) electrons. The van der Waals surface area contributed by atoms with E-state index in [1.54, 1.807) is 6.08 Å². The molecule has 0 aliphatic carbocycles. The lowest BCUT2D eigenvalue weighted by Crippen LogP contribution is -2.59. The summed E-state index contributed by atoms with van der Waals surface area (Å²) in [6, 6.07) is 0. The highest BCUT2D eigenvalue weighted by Crippen LogP contribution is 2.22. The third-order valence-electron chi connectivity index (χ3n) is 9.55. The van der Waals surface area contributed by atoms with Crippen molar-refractivity contribution >= 4 is 11.9 Å². The van der Waals surface area contributed by atoms with Gasteiger partial charge in [0.25, 0.3) is 0 Å². The summed E-state index contributed by atoms with van der Waals surface area (Å²) in [6.45, 7) is 3.17. The maximum Gasteiger partial charge on any atom is 0.310 e. The minimum atomic E-state index is -1.62. The van der Waals surface area contributed by atoms with E-state index in [0.717, 1.165) is 57.8 Å². The fourth-order valence-corrected chi connectivity index (χ4v) is 6.06. The van der Waals surface area contributed by atoms with Gasteiger partial charge in [0.05, 0.1) is 19.6 Å². The van der Waals surface area contributed by atoms with Crippen LogP contribution in [0.4, 0.5) is 0 Å². The van der Waals surface area contributed by atoms with Crippen LogP contribution in [0.3, 0.4) is 0 Å². The second-order valence-corrected chi connectivity index (χ2v) is 14.8. The zero-order valence-electron chi connectivity index (χ0n) is 35.8. The topological polar surface area (TPSA) is 152 Å². The van der Waals surface area contributed by atoms with Crippen LogP contribution in [0.5, 0.6) is 0 Å². The first-order valence-corrected chi connectivity index (χ1v) is 22.2. The molecule has 1 rings (SSSR count). The second kappa shape index (κ2) is 38.1. The van der Waals surface area contributed by atoms with Gasteiger partial charge in [0.2, 0.25) is 0 Å². The van der Waals surface area contributed by atoms with Gasteiger partial charge in [-0.1, -0.05) is 150 Å². The van der Waals surface area contributed by atoms with Crippen molar-refractivity contribution < 1.29 is 49.0 Å². The van der Waals surface area contributed by atoms with E-state index in [4.69, 9.17) is 18.9 Å². The molecule has 330 valence electrons. The predicted octanol–water partition coefficient (Wildman–Crippen LogP) is 9.38. The Labute approximate surface area is 350 Å². The van der Waals surface area contributed by atoms with Gasteiger partial charge in [-0.05, 0) is 70.6 Å². The highest BCUT2D eigenvalue weighted by molar-refractivity contribution is 5.71. The number of aliphatic hydroxyl groups is 4. The van der Waals surface area contributed by atoms with Crippen LogP contribution >= 0.6 is 0 Å². The molecule has 0 amide bonds. The zero-order chi connectivity index (χ0) is 42.3. The Morgan fingerprint density at radius 3 is 1.62 bits per heavy atom. The smallest absolute Gasteiger partial charge is 0.310 e. The van der Waals surface area contributed by atoms with Gasteiger partial charge >= 0.3 is 11.9 Å². The van der Waals surface area contributed by atoms with E-state index in [9.17, 15) is 30.0 Å². The third kappa shape index (κ3) is 29.1. The molecule has 0 spiro atoms. The van der Waals surface area contributed by atoms with Crippen molar-refractivity contribution in [3.63, 3.8) is 0 Å². The van der Waals surface area contributed by atoms with Crippen LogP contribution in [0.2, 0.25) is 0 Å². The Morgan fingerprint density at radius 2 is 1.07 bits per heavy atom. The first kappa shape index (κ1) is 52.9. The van der Waals surface area contributed by atoms with Gasteiger partial charge in [-0.25, -0.2) is 0 Å². The number of ether oxygens (including phenoxy) is 4. The van der Waals surface area contributed by atoms with Gasteiger partial charge in [-0.15, -0.1) is 0 Å². The summed E-state index contributed by atoms with van der Waals surface area (Å²) in [5.41, 5.74) is 0. The number of rotatable bonds is 35. The van der Waals surface area contributed by atoms with E-state index in [1.165, 1.54) is 51.4 Å². The average molecular weight is 815 g/mol. The third-order valence-corrected chi connectivity index (χ3v) is 9.55. The summed E-state index contributed by atoms with van der Waals surface area (Å²) >= 11 is 0. The molecule has 1 heterocycles. The zero-order valence-corrected chi connectivity index (χ0v) is 35.8. The fourth-order valence-electron chi connectivity index (χ4n) is 6.06. The summed E-state index contributed by atoms with van der Waals surface area (Å²) in [6.07, 6.45) is 41.8.